The molecular formula is C13H15N5O. The second-order valence-electron chi connectivity index (χ2n) is 4.04. The molecule has 0 saturated carbocycles. The summed E-state index contributed by atoms with van der Waals surface area (Å²) >= 11 is 0. The number of aromatic nitrogens is 2. The van der Waals surface area contributed by atoms with Crippen LogP contribution in [0.3, 0.4) is 0 Å². The van der Waals surface area contributed by atoms with E-state index in [1.54, 1.807) is 24.7 Å². The van der Waals surface area contributed by atoms with Crippen LogP contribution < -0.4 is 16.6 Å². The average molecular weight is 257 g/mol. The van der Waals surface area contributed by atoms with Gasteiger partial charge < -0.3 is 10.7 Å². The van der Waals surface area contributed by atoms with Crippen molar-refractivity contribution in [2.45, 2.75) is 13.0 Å². The quantitative estimate of drug-likeness (QED) is 0.566. The molecule has 0 fully saturated rings. The van der Waals surface area contributed by atoms with Gasteiger partial charge in [-0.2, -0.15) is 0 Å². The lowest BCUT2D eigenvalue weighted by Crippen LogP contribution is -2.28. The van der Waals surface area contributed by atoms with Crippen molar-refractivity contribution in [3.63, 3.8) is 0 Å². The fourth-order valence-electron chi connectivity index (χ4n) is 1.71. The number of hydrogen-bond donors (Lipinski definition) is 3. The van der Waals surface area contributed by atoms with Crippen molar-refractivity contribution in [2.24, 2.45) is 5.84 Å². The first kappa shape index (κ1) is 13.0. The maximum Gasteiger partial charge on any atom is 0.255 e. The van der Waals surface area contributed by atoms with Gasteiger partial charge in [-0.05, 0) is 30.7 Å². The van der Waals surface area contributed by atoms with Gasteiger partial charge in [0, 0.05) is 24.8 Å². The van der Waals surface area contributed by atoms with Crippen molar-refractivity contribution >= 4 is 11.6 Å². The zero-order valence-corrected chi connectivity index (χ0v) is 10.5. The first-order valence-corrected chi connectivity index (χ1v) is 5.83. The molecule has 2 aromatic heterocycles. The summed E-state index contributed by atoms with van der Waals surface area (Å²) in [6.07, 6.45) is 6.42. The number of nitrogens with two attached hydrogens (primary N) is 1. The topological polar surface area (TPSA) is 92.9 Å². The summed E-state index contributed by atoms with van der Waals surface area (Å²) in [5.74, 6) is 5.13. The van der Waals surface area contributed by atoms with Crippen LogP contribution in [0, 0.1) is 0 Å². The van der Waals surface area contributed by atoms with Crippen molar-refractivity contribution in [1.29, 1.82) is 0 Å². The lowest BCUT2D eigenvalue weighted by molar-refractivity contribution is 0.0940. The van der Waals surface area contributed by atoms with Gasteiger partial charge in [-0.25, -0.2) is 0 Å². The molecule has 19 heavy (non-hydrogen) atoms. The molecule has 2 rings (SSSR count). The van der Waals surface area contributed by atoms with Crippen LogP contribution in [0.5, 0.6) is 0 Å². The third kappa shape index (κ3) is 3.05. The van der Waals surface area contributed by atoms with E-state index in [2.05, 4.69) is 20.7 Å². The predicted octanol–water partition coefficient (Wildman–Crippen LogP) is 1.25. The van der Waals surface area contributed by atoms with E-state index in [4.69, 9.17) is 5.84 Å². The summed E-state index contributed by atoms with van der Waals surface area (Å²) in [7, 11) is 0. The average Bonchev–Trinajstić information content (AvgIpc) is 2.48. The van der Waals surface area contributed by atoms with Crippen LogP contribution in [-0.4, -0.2) is 15.9 Å². The highest BCUT2D eigenvalue weighted by Crippen LogP contribution is 2.15. The number of nitrogens with zero attached hydrogens (tertiary/aromatic N) is 2. The van der Waals surface area contributed by atoms with Crippen molar-refractivity contribution in [2.75, 3.05) is 5.43 Å². The Labute approximate surface area is 111 Å². The highest BCUT2D eigenvalue weighted by atomic mass is 16.1. The summed E-state index contributed by atoms with van der Waals surface area (Å²) in [5.41, 5.74) is 4.40. The Kier molecular flexibility index (Phi) is 4.04. The van der Waals surface area contributed by atoms with E-state index in [9.17, 15) is 4.79 Å². The molecule has 0 bridgehead atoms. The smallest absolute Gasteiger partial charge is 0.255 e. The van der Waals surface area contributed by atoms with Gasteiger partial charge >= 0.3 is 0 Å². The van der Waals surface area contributed by atoms with Crippen LogP contribution in [0.25, 0.3) is 0 Å². The number of hydrogen-bond acceptors (Lipinski definition) is 5. The van der Waals surface area contributed by atoms with E-state index in [-0.39, 0.29) is 11.9 Å². The van der Waals surface area contributed by atoms with Crippen molar-refractivity contribution in [3.05, 3.63) is 54.1 Å². The molecule has 0 aliphatic heterocycles. The molecule has 6 nitrogen and oxygen atoms in total. The van der Waals surface area contributed by atoms with Gasteiger partial charge in [-0.3, -0.25) is 20.6 Å². The zero-order chi connectivity index (χ0) is 13.7. The normalized spacial score (nSPS) is 11.7. The third-order valence-corrected chi connectivity index (χ3v) is 2.77. The minimum absolute atomic E-state index is 0.124. The van der Waals surface area contributed by atoms with Gasteiger partial charge in [-0.1, -0.05) is 0 Å². The van der Waals surface area contributed by atoms with Crippen LogP contribution in [0.15, 0.2) is 43.0 Å². The lowest BCUT2D eigenvalue weighted by Gasteiger charge is -2.15. The van der Waals surface area contributed by atoms with Gasteiger partial charge in [-0.15, -0.1) is 0 Å². The van der Waals surface area contributed by atoms with E-state index in [1.165, 1.54) is 6.20 Å². The molecule has 0 saturated heterocycles. The van der Waals surface area contributed by atoms with Crippen molar-refractivity contribution in [1.82, 2.24) is 15.3 Å². The number of rotatable bonds is 4. The van der Waals surface area contributed by atoms with E-state index >= 15 is 0 Å². The number of pyridine rings is 2. The molecule has 4 N–H and O–H groups in total. The molecule has 0 aliphatic rings. The molecular weight excluding hydrogens is 242 g/mol. The van der Waals surface area contributed by atoms with Gasteiger partial charge in [0.2, 0.25) is 0 Å². The standard InChI is InChI=1S/C13H15N5O/c1-9(10-2-5-15-6-3-10)17-13(19)11-8-16-7-4-12(11)18-14/h2-9H,14H2,1H3,(H,16,18)(H,17,19). The highest BCUT2D eigenvalue weighted by Gasteiger charge is 2.14. The zero-order valence-electron chi connectivity index (χ0n) is 10.5. The molecule has 1 unspecified atom stereocenters. The first-order chi connectivity index (χ1) is 9.22. The maximum absolute atomic E-state index is 12.1. The summed E-state index contributed by atoms with van der Waals surface area (Å²) in [5, 5.41) is 2.88. The van der Waals surface area contributed by atoms with Crippen LogP contribution in [-0.2, 0) is 0 Å². The molecule has 2 heterocycles. The van der Waals surface area contributed by atoms with Gasteiger partial charge in [0.05, 0.1) is 17.3 Å². The van der Waals surface area contributed by atoms with Gasteiger partial charge in [0.1, 0.15) is 0 Å². The molecule has 1 amide bonds. The monoisotopic (exact) mass is 257 g/mol. The Morgan fingerprint density at radius 3 is 2.58 bits per heavy atom. The number of nitrogens with one attached hydrogen (secondary N) is 2. The summed E-state index contributed by atoms with van der Waals surface area (Å²) < 4.78 is 0. The Morgan fingerprint density at radius 1 is 1.21 bits per heavy atom. The third-order valence-electron chi connectivity index (χ3n) is 2.77. The van der Waals surface area contributed by atoms with E-state index in [1.807, 2.05) is 19.1 Å². The van der Waals surface area contributed by atoms with Gasteiger partial charge in [0.25, 0.3) is 5.91 Å². The molecule has 1 atom stereocenters. The van der Waals surface area contributed by atoms with E-state index in [0.717, 1.165) is 5.56 Å². The van der Waals surface area contributed by atoms with Crippen LogP contribution in [0.2, 0.25) is 0 Å². The minimum Gasteiger partial charge on any atom is -0.345 e. The van der Waals surface area contributed by atoms with E-state index in [0.29, 0.717) is 11.3 Å². The van der Waals surface area contributed by atoms with E-state index < -0.39 is 0 Å². The number of carbonyl (C=O) groups excluding carboxylic acids is 1. The fraction of sp³-hybridized carbons (Fsp3) is 0.154. The second kappa shape index (κ2) is 5.92. The summed E-state index contributed by atoms with van der Waals surface area (Å²) in [6, 6.07) is 5.24. The second-order valence-corrected chi connectivity index (χ2v) is 4.04. The molecule has 6 heteroatoms. The van der Waals surface area contributed by atoms with Crippen molar-refractivity contribution < 1.29 is 4.79 Å². The molecule has 0 aromatic carbocycles. The number of hydrazine groups is 1. The van der Waals surface area contributed by atoms with Crippen LogP contribution in [0.1, 0.15) is 28.9 Å². The van der Waals surface area contributed by atoms with Crippen LogP contribution in [0.4, 0.5) is 5.69 Å². The Morgan fingerprint density at radius 2 is 1.89 bits per heavy atom. The molecule has 2 aromatic rings. The molecule has 0 spiro atoms. The van der Waals surface area contributed by atoms with Crippen molar-refractivity contribution in [3.8, 4) is 0 Å². The number of carbonyl (C=O) groups is 1. The predicted molar refractivity (Wildman–Crippen MR) is 72.2 cm³/mol. The largest absolute Gasteiger partial charge is 0.345 e. The SMILES string of the molecule is CC(NC(=O)c1cnccc1NN)c1ccncc1. The lowest BCUT2D eigenvalue weighted by atomic mass is 10.1. The first-order valence-electron chi connectivity index (χ1n) is 5.83. The number of amides is 1. The Bertz CT molecular complexity index is 558. The highest BCUT2D eigenvalue weighted by molar-refractivity contribution is 5.99. The summed E-state index contributed by atoms with van der Waals surface area (Å²) in [4.78, 5) is 20.0. The maximum atomic E-state index is 12.1. The molecule has 0 aliphatic carbocycles. The number of nitrogen functional groups attached to an aromatic ring is 1. The number of anilines is 1. The molecule has 98 valence electrons. The fourth-order valence-corrected chi connectivity index (χ4v) is 1.71. The van der Waals surface area contributed by atoms with Gasteiger partial charge in [0.15, 0.2) is 0 Å². The Balaban J connectivity index is 2.13. The summed E-state index contributed by atoms with van der Waals surface area (Å²) in [6.45, 7) is 1.90. The molecule has 0 radical (unpaired) electrons. The minimum atomic E-state index is -0.231. The Hall–Kier alpha value is -2.47. The van der Waals surface area contributed by atoms with Crippen LogP contribution >= 0.6 is 0 Å².